The molecule has 3 N–H and O–H groups in total. The maximum Gasteiger partial charge on any atom is 0.227 e. The van der Waals surface area contributed by atoms with Crippen molar-refractivity contribution in [2.45, 2.75) is 20.3 Å². The minimum Gasteiger partial charge on any atom is -0.383 e. The van der Waals surface area contributed by atoms with Gasteiger partial charge >= 0.3 is 0 Å². The van der Waals surface area contributed by atoms with Crippen LogP contribution in [0.4, 0.5) is 11.5 Å². The fourth-order valence-electron chi connectivity index (χ4n) is 3.82. The van der Waals surface area contributed by atoms with Gasteiger partial charge in [-0.1, -0.05) is 55.5 Å². The molecular weight excluding hydrogens is 398 g/mol. The molecule has 0 fully saturated rings. The molecule has 1 amide bonds. The number of fused-ring (bicyclic) bond motifs is 1. The second kappa shape index (κ2) is 9.02. The highest BCUT2D eigenvalue weighted by Gasteiger charge is 2.17. The van der Waals surface area contributed by atoms with E-state index in [1.54, 1.807) is 6.92 Å². The van der Waals surface area contributed by atoms with Crippen molar-refractivity contribution in [3.8, 4) is 11.1 Å². The van der Waals surface area contributed by atoms with Gasteiger partial charge in [0, 0.05) is 22.6 Å². The van der Waals surface area contributed by atoms with E-state index in [9.17, 15) is 9.59 Å². The lowest BCUT2D eigenvalue weighted by Gasteiger charge is -2.14. The molecule has 4 rings (SSSR count). The Bertz CT molecular complexity index is 1300. The molecular formula is C27H25N3O2. The number of nitrogen functional groups attached to an aromatic ring is 1. The lowest BCUT2D eigenvalue weighted by atomic mass is 9.95. The zero-order chi connectivity index (χ0) is 22.7. The molecule has 1 heterocycles. The van der Waals surface area contributed by atoms with E-state index in [0.29, 0.717) is 17.8 Å². The van der Waals surface area contributed by atoms with E-state index in [1.807, 2.05) is 85.8 Å². The van der Waals surface area contributed by atoms with E-state index in [1.165, 1.54) is 0 Å². The molecule has 3 aromatic carbocycles. The van der Waals surface area contributed by atoms with E-state index in [2.05, 4.69) is 10.3 Å². The second-order valence-electron chi connectivity index (χ2n) is 8.00. The SMILES string of the molecule is CC(=O)c1ccccc1-c1ccc2nc(N)c(CC(C)C(=O)Nc3ccccc3)cc2c1. The quantitative estimate of drug-likeness (QED) is 0.401. The van der Waals surface area contributed by atoms with Gasteiger partial charge in [-0.2, -0.15) is 0 Å². The van der Waals surface area contributed by atoms with Gasteiger partial charge in [-0.25, -0.2) is 4.98 Å². The average molecular weight is 424 g/mol. The minimum absolute atomic E-state index is 0.0232. The number of hydrogen-bond donors (Lipinski definition) is 2. The predicted molar refractivity (Wildman–Crippen MR) is 130 cm³/mol. The third-order valence-corrected chi connectivity index (χ3v) is 5.56. The molecule has 0 saturated carbocycles. The molecule has 5 nitrogen and oxygen atoms in total. The van der Waals surface area contributed by atoms with Gasteiger partial charge < -0.3 is 11.1 Å². The molecule has 0 radical (unpaired) electrons. The first kappa shape index (κ1) is 21.2. The summed E-state index contributed by atoms with van der Waals surface area (Å²) in [5.74, 6) is 0.0991. The third-order valence-electron chi connectivity index (χ3n) is 5.56. The Balaban J connectivity index is 1.62. The molecule has 1 atom stereocenters. The Hall–Kier alpha value is -3.99. The van der Waals surface area contributed by atoms with Crippen LogP contribution < -0.4 is 11.1 Å². The molecule has 4 aromatic rings. The van der Waals surface area contributed by atoms with Crippen molar-refractivity contribution in [2.24, 2.45) is 5.92 Å². The Morgan fingerprint density at radius 2 is 1.69 bits per heavy atom. The maximum atomic E-state index is 12.6. The number of ketones is 1. The van der Waals surface area contributed by atoms with Gasteiger partial charge in [-0.3, -0.25) is 9.59 Å². The summed E-state index contributed by atoms with van der Waals surface area (Å²) >= 11 is 0. The second-order valence-corrected chi connectivity index (χ2v) is 8.00. The van der Waals surface area contributed by atoms with Crippen LogP contribution in [0.15, 0.2) is 78.9 Å². The molecule has 0 aliphatic carbocycles. The Morgan fingerprint density at radius 3 is 2.44 bits per heavy atom. The first-order chi connectivity index (χ1) is 15.4. The van der Waals surface area contributed by atoms with Crippen molar-refractivity contribution in [3.05, 3.63) is 90.0 Å². The number of benzene rings is 3. The number of aromatic nitrogens is 1. The summed E-state index contributed by atoms with van der Waals surface area (Å²) in [6.07, 6.45) is 0.474. The van der Waals surface area contributed by atoms with Crippen molar-refractivity contribution in [3.63, 3.8) is 0 Å². The number of amides is 1. The highest BCUT2D eigenvalue weighted by Crippen LogP contribution is 2.29. The summed E-state index contributed by atoms with van der Waals surface area (Å²) in [4.78, 5) is 29.2. The van der Waals surface area contributed by atoms with Crippen LogP contribution in [0.1, 0.15) is 29.8 Å². The van der Waals surface area contributed by atoms with Gasteiger partial charge in [-0.05, 0) is 60.4 Å². The number of anilines is 2. The highest BCUT2D eigenvalue weighted by atomic mass is 16.1. The Kier molecular flexibility index (Phi) is 5.99. The van der Waals surface area contributed by atoms with Crippen molar-refractivity contribution in [1.82, 2.24) is 4.98 Å². The first-order valence-electron chi connectivity index (χ1n) is 10.6. The van der Waals surface area contributed by atoms with E-state index < -0.39 is 0 Å². The van der Waals surface area contributed by atoms with Crippen LogP contribution >= 0.6 is 0 Å². The molecule has 5 heteroatoms. The molecule has 0 aliphatic heterocycles. The van der Waals surface area contributed by atoms with Gasteiger partial charge in [0.05, 0.1) is 5.52 Å². The zero-order valence-electron chi connectivity index (χ0n) is 18.1. The van der Waals surface area contributed by atoms with Crippen molar-refractivity contribution in [2.75, 3.05) is 11.1 Å². The van der Waals surface area contributed by atoms with Crippen molar-refractivity contribution < 1.29 is 9.59 Å². The molecule has 1 unspecified atom stereocenters. The third kappa shape index (κ3) is 4.52. The summed E-state index contributed by atoms with van der Waals surface area (Å²) in [6, 6.07) is 24.8. The van der Waals surface area contributed by atoms with E-state index in [-0.39, 0.29) is 17.6 Å². The molecule has 0 aliphatic rings. The van der Waals surface area contributed by atoms with Gasteiger partial charge in [-0.15, -0.1) is 0 Å². The van der Waals surface area contributed by atoms with Gasteiger partial charge in [0.15, 0.2) is 5.78 Å². The number of nitrogens with two attached hydrogens (primary N) is 1. The van der Waals surface area contributed by atoms with Crippen LogP contribution in [0.2, 0.25) is 0 Å². The Labute approximate surface area is 187 Å². The maximum absolute atomic E-state index is 12.6. The van der Waals surface area contributed by atoms with E-state index in [4.69, 9.17) is 5.73 Å². The van der Waals surface area contributed by atoms with Crippen LogP contribution in [0.25, 0.3) is 22.0 Å². The van der Waals surface area contributed by atoms with Crippen molar-refractivity contribution in [1.29, 1.82) is 0 Å². The monoisotopic (exact) mass is 423 g/mol. The number of carbonyl (C=O) groups is 2. The first-order valence-corrected chi connectivity index (χ1v) is 10.6. The molecule has 160 valence electrons. The lowest BCUT2D eigenvalue weighted by Crippen LogP contribution is -2.22. The lowest BCUT2D eigenvalue weighted by molar-refractivity contribution is -0.119. The largest absolute Gasteiger partial charge is 0.383 e. The highest BCUT2D eigenvalue weighted by molar-refractivity contribution is 6.01. The zero-order valence-corrected chi connectivity index (χ0v) is 18.1. The number of pyridine rings is 1. The van der Waals surface area contributed by atoms with Crippen LogP contribution in [0.5, 0.6) is 0 Å². The fourth-order valence-corrected chi connectivity index (χ4v) is 3.82. The standard InChI is InChI=1S/C27H25N3O2/c1-17(27(32)29-22-8-4-3-5-9-22)14-21-16-20-15-19(12-13-25(20)30-26(21)28)24-11-7-6-10-23(24)18(2)31/h3-13,15-17H,14H2,1-2H3,(H2,28,30)(H,29,32). The molecule has 0 saturated heterocycles. The van der Waals surface area contributed by atoms with Gasteiger partial charge in [0.25, 0.3) is 0 Å². The minimum atomic E-state index is -0.279. The van der Waals surface area contributed by atoms with Gasteiger partial charge in [0.2, 0.25) is 5.91 Å². The van der Waals surface area contributed by atoms with E-state index in [0.717, 1.165) is 33.3 Å². The number of carbonyl (C=O) groups excluding carboxylic acids is 2. The fraction of sp³-hybridized carbons (Fsp3) is 0.148. The summed E-state index contributed by atoms with van der Waals surface area (Å²) < 4.78 is 0. The number of hydrogen-bond acceptors (Lipinski definition) is 4. The summed E-state index contributed by atoms with van der Waals surface area (Å²) in [6.45, 7) is 3.45. The average Bonchev–Trinajstić information content (AvgIpc) is 2.80. The summed E-state index contributed by atoms with van der Waals surface area (Å²) in [7, 11) is 0. The van der Waals surface area contributed by atoms with Crippen LogP contribution in [-0.2, 0) is 11.2 Å². The van der Waals surface area contributed by atoms with Crippen LogP contribution in [0, 0.1) is 5.92 Å². The number of Topliss-reactive ketones (excluding diaryl/α,β-unsaturated/α-hetero) is 1. The molecule has 0 spiro atoms. The molecule has 1 aromatic heterocycles. The van der Waals surface area contributed by atoms with Crippen LogP contribution in [0.3, 0.4) is 0 Å². The normalized spacial score (nSPS) is 11.8. The van der Waals surface area contributed by atoms with Gasteiger partial charge in [0.1, 0.15) is 5.82 Å². The molecule has 0 bridgehead atoms. The summed E-state index contributed by atoms with van der Waals surface area (Å²) in [5.41, 5.74) is 11.1. The predicted octanol–water partition coefficient (Wildman–Crippen LogP) is 5.50. The number of rotatable bonds is 6. The van der Waals surface area contributed by atoms with Crippen LogP contribution in [-0.4, -0.2) is 16.7 Å². The summed E-state index contributed by atoms with van der Waals surface area (Å²) in [5, 5.41) is 3.85. The Morgan fingerprint density at radius 1 is 0.969 bits per heavy atom. The molecule has 32 heavy (non-hydrogen) atoms. The van der Waals surface area contributed by atoms with E-state index >= 15 is 0 Å². The number of nitrogens with one attached hydrogen (secondary N) is 1. The van der Waals surface area contributed by atoms with Crippen molar-refractivity contribution >= 4 is 34.1 Å². The number of para-hydroxylation sites is 1. The topological polar surface area (TPSA) is 85.1 Å². The smallest absolute Gasteiger partial charge is 0.227 e. The number of nitrogens with zero attached hydrogens (tertiary/aromatic N) is 1.